The van der Waals surface area contributed by atoms with Gasteiger partial charge in [-0.2, -0.15) is 0 Å². The number of amides is 2. The molecule has 0 radical (unpaired) electrons. The van der Waals surface area contributed by atoms with Crippen molar-refractivity contribution in [1.29, 1.82) is 0 Å². The number of hydrogen-bond donors (Lipinski definition) is 2. The van der Waals surface area contributed by atoms with Crippen LogP contribution >= 0.6 is 23.2 Å². The van der Waals surface area contributed by atoms with Crippen LogP contribution in [0.5, 0.6) is 0 Å². The lowest BCUT2D eigenvalue weighted by Crippen LogP contribution is -2.13. The molecular formula is C25H18Cl2N2O3. The van der Waals surface area contributed by atoms with E-state index in [1.54, 1.807) is 60.7 Å². The second kappa shape index (κ2) is 9.30. The first-order chi connectivity index (χ1) is 15.4. The highest BCUT2D eigenvalue weighted by Crippen LogP contribution is 2.31. The van der Waals surface area contributed by atoms with Crippen LogP contribution in [0.1, 0.15) is 26.5 Å². The van der Waals surface area contributed by atoms with Crippen LogP contribution in [0.4, 0.5) is 11.4 Å². The summed E-state index contributed by atoms with van der Waals surface area (Å²) in [6.07, 6.45) is 0. The van der Waals surface area contributed by atoms with E-state index in [1.807, 2.05) is 25.1 Å². The van der Waals surface area contributed by atoms with Crippen molar-refractivity contribution in [2.24, 2.45) is 0 Å². The van der Waals surface area contributed by atoms with Crippen molar-refractivity contribution in [3.8, 4) is 11.3 Å². The first kappa shape index (κ1) is 21.7. The lowest BCUT2D eigenvalue weighted by Gasteiger charge is -2.09. The van der Waals surface area contributed by atoms with Crippen LogP contribution in [0.3, 0.4) is 0 Å². The largest absolute Gasteiger partial charge is 0.451 e. The fraction of sp³-hybridized carbons (Fsp3) is 0.0400. The molecule has 0 spiro atoms. The summed E-state index contributed by atoms with van der Waals surface area (Å²) in [7, 11) is 0. The molecule has 7 heteroatoms. The number of carbonyl (C=O) groups is 2. The van der Waals surface area contributed by atoms with Gasteiger partial charge in [0.25, 0.3) is 11.8 Å². The second-order valence-corrected chi connectivity index (χ2v) is 7.99. The molecule has 0 saturated heterocycles. The van der Waals surface area contributed by atoms with Crippen LogP contribution in [-0.2, 0) is 0 Å². The molecule has 1 aromatic heterocycles. The second-order valence-electron chi connectivity index (χ2n) is 7.15. The molecule has 32 heavy (non-hydrogen) atoms. The lowest BCUT2D eigenvalue weighted by molar-refractivity contribution is 0.0995. The zero-order chi connectivity index (χ0) is 22.7. The molecule has 2 N–H and O–H groups in total. The molecule has 0 aliphatic heterocycles. The number of anilines is 2. The zero-order valence-corrected chi connectivity index (χ0v) is 18.5. The Kier molecular flexibility index (Phi) is 6.30. The van der Waals surface area contributed by atoms with Crippen molar-refractivity contribution in [1.82, 2.24) is 0 Å². The summed E-state index contributed by atoms with van der Waals surface area (Å²) in [5.41, 5.74) is 3.26. The molecule has 0 fully saturated rings. The predicted molar refractivity (Wildman–Crippen MR) is 128 cm³/mol. The van der Waals surface area contributed by atoms with Crippen molar-refractivity contribution in [2.75, 3.05) is 10.6 Å². The third kappa shape index (κ3) is 5.02. The Morgan fingerprint density at radius 3 is 2.22 bits per heavy atom. The topological polar surface area (TPSA) is 71.3 Å². The predicted octanol–water partition coefficient (Wildman–Crippen LogP) is 7.07. The maximum atomic E-state index is 12.6. The van der Waals surface area contributed by atoms with Gasteiger partial charge in [0.1, 0.15) is 5.76 Å². The van der Waals surface area contributed by atoms with Gasteiger partial charge in [0.2, 0.25) is 0 Å². The van der Waals surface area contributed by atoms with Crippen molar-refractivity contribution in [3.05, 3.63) is 106 Å². The van der Waals surface area contributed by atoms with E-state index in [1.165, 1.54) is 0 Å². The summed E-state index contributed by atoms with van der Waals surface area (Å²) in [6.45, 7) is 1.92. The van der Waals surface area contributed by atoms with E-state index in [2.05, 4.69) is 10.6 Å². The number of halogens is 2. The summed E-state index contributed by atoms with van der Waals surface area (Å²) in [5.74, 6) is -0.0765. The van der Waals surface area contributed by atoms with Gasteiger partial charge >= 0.3 is 0 Å². The summed E-state index contributed by atoms with van der Waals surface area (Å²) in [6, 6.07) is 22.5. The lowest BCUT2D eigenvalue weighted by atomic mass is 10.1. The molecule has 0 unspecified atom stereocenters. The molecule has 4 rings (SSSR count). The van der Waals surface area contributed by atoms with Crippen LogP contribution in [-0.4, -0.2) is 11.8 Å². The number of nitrogens with one attached hydrogen (secondary N) is 2. The summed E-state index contributed by atoms with van der Waals surface area (Å²) < 4.78 is 5.68. The minimum atomic E-state index is -0.427. The Morgan fingerprint density at radius 2 is 1.50 bits per heavy atom. The fourth-order valence-electron chi connectivity index (χ4n) is 3.15. The van der Waals surface area contributed by atoms with E-state index in [0.717, 1.165) is 5.56 Å². The third-order valence-electron chi connectivity index (χ3n) is 4.68. The molecule has 1 heterocycles. The molecule has 0 aliphatic rings. The Labute approximate surface area is 195 Å². The van der Waals surface area contributed by atoms with Gasteiger partial charge in [-0.1, -0.05) is 47.0 Å². The van der Waals surface area contributed by atoms with Crippen molar-refractivity contribution in [3.63, 3.8) is 0 Å². The van der Waals surface area contributed by atoms with Crippen molar-refractivity contribution >= 4 is 46.4 Å². The number of furan rings is 1. The Bertz CT molecular complexity index is 1310. The summed E-state index contributed by atoms with van der Waals surface area (Å²) in [5, 5.41) is 6.55. The number of hydrogen-bond acceptors (Lipinski definition) is 3. The molecular weight excluding hydrogens is 447 g/mol. The highest BCUT2D eigenvalue weighted by Gasteiger charge is 2.15. The molecule has 0 aliphatic carbocycles. The van der Waals surface area contributed by atoms with E-state index >= 15 is 0 Å². The molecule has 4 aromatic rings. The minimum absolute atomic E-state index is 0.125. The van der Waals surface area contributed by atoms with Gasteiger partial charge in [-0.15, -0.1) is 0 Å². The number of carbonyl (C=O) groups excluding carboxylic acids is 2. The highest BCUT2D eigenvalue weighted by atomic mass is 35.5. The maximum absolute atomic E-state index is 12.6. The van der Waals surface area contributed by atoms with E-state index < -0.39 is 5.91 Å². The van der Waals surface area contributed by atoms with Crippen LogP contribution in [0.25, 0.3) is 11.3 Å². The highest BCUT2D eigenvalue weighted by molar-refractivity contribution is 6.36. The van der Waals surface area contributed by atoms with E-state index in [0.29, 0.717) is 38.3 Å². The third-order valence-corrected chi connectivity index (χ3v) is 5.23. The summed E-state index contributed by atoms with van der Waals surface area (Å²) >= 11 is 12.1. The minimum Gasteiger partial charge on any atom is -0.451 e. The molecule has 2 amide bonds. The monoisotopic (exact) mass is 464 g/mol. The average Bonchev–Trinajstić information content (AvgIpc) is 3.24. The van der Waals surface area contributed by atoms with Gasteiger partial charge in [0.15, 0.2) is 5.76 Å². The first-order valence-corrected chi connectivity index (χ1v) is 10.5. The van der Waals surface area contributed by atoms with Gasteiger partial charge in [-0.05, 0) is 67.6 Å². The molecule has 5 nitrogen and oxygen atoms in total. The number of benzene rings is 3. The number of aryl methyl sites for hydroxylation is 1. The van der Waals surface area contributed by atoms with Gasteiger partial charge < -0.3 is 15.1 Å². The van der Waals surface area contributed by atoms with Crippen LogP contribution < -0.4 is 10.6 Å². The first-order valence-electron chi connectivity index (χ1n) is 9.74. The molecule has 0 bridgehead atoms. The van der Waals surface area contributed by atoms with Gasteiger partial charge in [-0.25, -0.2) is 0 Å². The zero-order valence-electron chi connectivity index (χ0n) is 17.0. The standard InChI is InChI=1S/C25H18Cl2N2O3/c1-15-4-2-5-16(12-15)24(30)28-18-6-3-7-19(14-18)29-25(31)23-11-10-22(32-23)20-9-8-17(26)13-21(20)27/h2-14H,1H3,(H,28,30)(H,29,31). The van der Waals surface area contributed by atoms with E-state index in [9.17, 15) is 9.59 Å². The van der Waals surface area contributed by atoms with Gasteiger partial charge in [0.05, 0.1) is 5.02 Å². The van der Waals surface area contributed by atoms with Crippen LogP contribution in [0.15, 0.2) is 83.3 Å². The van der Waals surface area contributed by atoms with Crippen LogP contribution in [0, 0.1) is 6.92 Å². The van der Waals surface area contributed by atoms with Gasteiger partial charge in [-0.3, -0.25) is 9.59 Å². The number of rotatable bonds is 5. The molecule has 0 atom stereocenters. The maximum Gasteiger partial charge on any atom is 0.291 e. The van der Waals surface area contributed by atoms with Crippen molar-refractivity contribution in [2.45, 2.75) is 6.92 Å². The SMILES string of the molecule is Cc1cccc(C(=O)Nc2cccc(NC(=O)c3ccc(-c4ccc(Cl)cc4Cl)o3)c2)c1. The molecule has 3 aromatic carbocycles. The molecule has 0 saturated carbocycles. The quantitative estimate of drug-likeness (QED) is 0.331. The molecule has 160 valence electrons. The van der Waals surface area contributed by atoms with E-state index in [-0.39, 0.29) is 11.7 Å². The van der Waals surface area contributed by atoms with Gasteiger partial charge in [0, 0.05) is 27.5 Å². The van der Waals surface area contributed by atoms with Crippen molar-refractivity contribution < 1.29 is 14.0 Å². The van der Waals surface area contributed by atoms with Crippen LogP contribution in [0.2, 0.25) is 10.0 Å². The average molecular weight is 465 g/mol. The smallest absolute Gasteiger partial charge is 0.291 e. The summed E-state index contributed by atoms with van der Waals surface area (Å²) in [4.78, 5) is 25.1. The Morgan fingerprint density at radius 1 is 0.781 bits per heavy atom. The van der Waals surface area contributed by atoms with E-state index in [4.69, 9.17) is 27.6 Å². The Balaban J connectivity index is 1.46. The fourth-order valence-corrected chi connectivity index (χ4v) is 3.65. The normalized spacial score (nSPS) is 10.6. The Hall–Kier alpha value is -3.54.